The summed E-state index contributed by atoms with van der Waals surface area (Å²) in [6.45, 7) is 3.57. The van der Waals surface area contributed by atoms with Gasteiger partial charge in [0.15, 0.2) is 0 Å². The fourth-order valence-corrected chi connectivity index (χ4v) is 0.352. The van der Waals surface area contributed by atoms with E-state index in [2.05, 4.69) is 6.92 Å². The molecule has 0 heterocycles. The third-order valence-corrected chi connectivity index (χ3v) is 1.84. The molecule has 0 aromatic rings. The Morgan fingerprint density at radius 3 is 1.62 bits per heavy atom. The fourth-order valence-electron chi connectivity index (χ4n) is 0.352. The number of unbranched alkanes of at least 4 members (excludes halogenated alkanes) is 2. The molecule has 1 radical (unpaired) electrons. The Bertz CT molecular complexity index is 163. The Morgan fingerprint density at radius 1 is 1.15 bits per heavy atom. The van der Waals surface area contributed by atoms with Crippen LogP contribution >= 0.6 is 0 Å². The molecule has 0 fully saturated rings. The van der Waals surface area contributed by atoms with Gasteiger partial charge in [-0.25, -0.2) is 5.11 Å². The normalized spacial score (nSPS) is 9.54. The molecular formula is C7H18NaO4S. The third-order valence-electron chi connectivity index (χ3n) is 1.11. The van der Waals surface area contributed by atoms with E-state index in [1.807, 2.05) is 0 Å². The van der Waals surface area contributed by atoms with Gasteiger partial charge >= 0.3 is 29.6 Å². The Morgan fingerprint density at radius 2 is 1.54 bits per heavy atom. The van der Waals surface area contributed by atoms with E-state index in [9.17, 15) is 13.5 Å². The van der Waals surface area contributed by atoms with Gasteiger partial charge in [-0.15, -0.1) is 0 Å². The van der Waals surface area contributed by atoms with E-state index < -0.39 is 10.1 Å². The van der Waals surface area contributed by atoms with Crippen LogP contribution in [0.2, 0.25) is 0 Å². The summed E-state index contributed by atoms with van der Waals surface area (Å²) in [5, 5.41) is 9.69. The first kappa shape index (κ1) is 19.4. The van der Waals surface area contributed by atoms with Crippen molar-refractivity contribution in [3.8, 4) is 0 Å². The molecule has 0 aromatic carbocycles. The van der Waals surface area contributed by atoms with Crippen molar-refractivity contribution in [1.29, 1.82) is 0 Å². The molecule has 0 bridgehead atoms. The molecule has 0 aliphatic heterocycles. The zero-order chi connectivity index (χ0) is 10.0. The van der Waals surface area contributed by atoms with Gasteiger partial charge in [0.2, 0.25) is 0 Å². The van der Waals surface area contributed by atoms with Gasteiger partial charge in [0.1, 0.15) is 0 Å². The number of hydrogen-bond donors (Lipinski definition) is 1. The van der Waals surface area contributed by atoms with Crippen molar-refractivity contribution in [2.45, 2.75) is 33.1 Å². The summed E-state index contributed by atoms with van der Waals surface area (Å²) in [5.41, 5.74) is 0. The second kappa shape index (κ2) is 12.9. The molecule has 1 N–H and O–H groups in total. The molecular weight excluding hydrogens is 203 g/mol. The molecule has 0 aliphatic rings. The van der Waals surface area contributed by atoms with Crippen LogP contribution in [0.15, 0.2) is 0 Å². The van der Waals surface area contributed by atoms with Gasteiger partial charge in [0.05, 0.1) is 12.4 Å². The molecule has 77 valence electrons. The van der Waals surface area contributed by atoms with Gasteiger partial charge in [0, 0.05) is 0 Å². The molecule has 6 heteroatoms. The fraction of sp³-hybridized carbons (Fsp3) is 1.00. The monoisotopic (exact) mass is 221 g/mol. The molecule has 0 spiro atoms. The van der Waals surface area contributed by atoms with Gasteiger partial charge in [-0.3, -0.25) is 4.55 Å². The Hall–Kier alpha value is 0.870. The van der Waals surface area contributed by atoms with Crippen LogP contribution in [0.5, 0.6) is 0 Å². The summed E-state index contributed by atoms with van der Waals surface area (Å²) in [6.07, 6.45) is 3.11. The van der Waals surface area contributed by atoms with Gasteiger partial charge in [-0.05, 0) is 13.3 Å². The minimum absolute atomic E-state index is 0. The number of rotatable bonds is 4. The predicted molar refractivity (Wildman–Crippen MR) is 54.3 cm³/mol. The van der Waals surface area contributed by atoms with Crippen LogP contribution in [-0.4, -0.2) is 54.9 Å². The topological polar surface area (TPSA) is 74.3 Å². The minimum atomic E-state index is -3.66. The average molecular weight is 221 g/mol. The van der Waals surface area contributed by atoms with Crippen molar-refractivity contribution in [2.75, 3.05) is 12.4 Å². The second-order valence-corrected chi connectivity index (χ2v) is 4.02. The molecule has 0 rings (SSSR count). The first-order chi connectivity index (χ1) is 5.47. The SMILES string of the molecule is CCCCC[O].CCS(=O)(=O)O.[NaH]. The zero-order valence-corrected chi connectivity index (χ0v) is 8.43. The van der Waals surface area contributed by atoms with Crippen molar-refractivity contribution in [1.82, 2.24) is 0 Å². The summed E-state index contributed by atoms with van der Waals surface area (Å²) >= 11 is 0. The van der Waals surface area contributed by atoms with Crippen molar-refractivity contribution in [2.24, 2.45) is 0 Å². The van der Waals surface area contributed by atoms with Crippen LogP contribution in [0.1, 0.15) is 33.1 Å². The van der Waals surface area contributed by atoms with Crippen LogP contribution in [0.4, 0.5) is 0 Å². The average Bonchev–Trinajstić information content (AvgIpc) is 2.01. The van der Waals surface area contributed by atoms with Crippen molar-refractivity contribution in [3.63, 3.8) is 0 Å². The van der Waals surface area contributed by atoms with E-state index in [-0.39, 0.29) is 41.9 Å². The molecule has 0 amide bonds. The van der Waals surface area contributed by atoms with Crippen LogP contribution < -0.4 is 0 Å². The maximum atomic E-state index is 9.69. The molecule has 0 aliphatic carbocycles. The van der Waals surface area contributed by atoms with Crippen LogP contribution in [-0.2, 0) is 15.2 Å². The Kier molecular flexibility index (Phi) is 19.2. The predicted octanol–water partition coefficient (Wildman–Crippen LogP) is 0.853. The van der Waals surface area contributed by atoms with E-state index in [4.69, 9.17) is 4.55 Å². The van der Waals surface area contributed by atoms with Crippen molar-refractivity contribution < 1.29 is 18.1 Å². The molecule has 0 aromatic heterocycles. The second-order valence-electron chi connectivity index (χ2n) is 2.28. The van der Waals surface area contributed by atoms with Crippen molar-refractivity contribution >= 4 is 39.7 Å². The van der Waals surface area contributed by atoms with E-state index in [1.165, 1.54) is 6.92 Å². The summed E-state index contributed by atoms with van der Waals surface area (Å²) in [6, 6.07) is 0. The molecule has 0 saturated heterocycles. The van der Waals surface area contributed by atoms with Crippen LogP contribution in [0, 0.1) is 0 Å². The van der Waals surface area contributed by atoms with E-state index in [0.717, 1.165) is 19.3 Å². The van der Waals surface area contributed by atoms with E-state index in [1.54, 1.807) is 0 Å². The molecule has 0 atom stereocenters. The number of hydrogen-bond acceptors (Lipinski definition) is 2. The van der Waals surface area contributed by atoms with Crippen LogP contribution in [0.3, 0.4) is 0 Å². The first-order valence-corrected chi connectivity index (χ1v) is 5.62. The Labute approximate surface area is 103 Å². The molecule has 0 saturated carbocycles. The summed E-state index contributed by atoms with van der Waals surface area (Å²) in [7, 11) is -3.66. The Balaban J connectivity index is -0.000000143. The van der Waals surface area contributed by atoms with Gasteiger partial charge < -0.3 is 0 Å². The molecule has 13 heavy (non-hydrogen) atoms. The molecule has 4 nitrogen and oxygen atoms in total. The molecule has 0 unspecified atom stereocenters. The standard InChI is InChI=1S/C5H11O.C2H6O3S.Na.H/c1-2-3-4-5-6;1-2-6(3,4)5;;/h2-5H2,1H3;2H2,1H3,(H,3,4,5);;. The quantitative estimate of drug-likeness (QED) is 0.434. The van der Waals surface area contributed by atoms with Gasteiger partial charge in [-0.1, -0.05) is 19.8 Å². The third kappa shape index (κ3) is 32.2. The van der Waals surface area contributed by atoms with Crippen LogP contribution in [0.25, 0.3) is 0 Å². The summed E-state index contributed by atoms with van der Waals surface area (Å²) in [5.74, 6) is -0.201. The van der Waals surface area contributed by atoms with E-state index >= 15 is 0 Å². The maximum absolute atomic E-state index is 9.69. The van der Waals surface area contributed by atoms with E-state index in [0.29, 0.717) is 0 Å². The summed E-state index contributed by atoms with van der Waals surface area (Å²) < 4.78 is 26.9. The van der Waals surface area contributed by atoms with Gasteiger partial charge in [-0.2, -0.15) is 8.42 Å². The zero-order valence-electron chi connectivity index (χ0n) is 7.62. The summed E-state index contributed by atoms with van der Waals surface area (Å²) in [4.78, 5) is 0. The van der Waals surface area contributed by atoms with Crippen molar-refractivity contribution in [3.05, 3.63) is 0 Å². The first-order valence-electron chi connectivity index (χ1n) is 4.01. The van der Waals surface area contributed by atoms with Gasteiger partial charge in [0.25, 0.3) is 10.1 Å².